The Hall–Kier alpha value is -3.41. The molecule has 1 atom stereocenters. The molecule has 1 amide bonds. The molecule has 1 N–H and O–H groups in total. The summed E-state index contributed by atoms with van der Waals surface area (Å²) >= 11 is 0. The molecule has 34 heavy (non-hydrogen) atoms. The molecule has 1 aliphatic heterocycles. The lowest BCUT2D eigenvalue weighted by atomic mass is 10.0. The fourth-order valence-corrected chi connectivity index (χ4v) is 5.10. The van der Waals surface area contributed by atoms with Crippen LogP contribution in [-0.2, 0) is 39.2 Å². The maximum absolute atomic E-state index is 13.5. The summed E-state index contributed by atoms with van der Waals surface area (Å²) < 4.78 is 45.6. The molecule has 2 aromatic carbocycles. The molecular weight excluding hydrogens is 463 g/mol. The largest absolute Gasteiger partial charge is 0.491 e. The number of rotatable bonds is 9. The molecule has 1 aromatic heterocycles. The molecule has 0 saturated carbocycles. The number of hydrogen-bond donors (Lipinski definition) is 1. The minimum absolute atomic E-state index is 0.0320. The molecular formula is C23H23FN4O5S. The molecule has 1 unspecified atom stereocenters. The van der Waals surface area contributed by atoms with Gasteiger partial charge in [0.2, 0.25) is 10.0 Å². The van der Waals surface area contributed by atoms with Crippen LogP contribution in [0.5, 0.6) is 5.75 Å². The molecule has 1 aliphatic rings. The van der Waals surface area contributed by atoms with Crippen LogP contribution in [0.1, 0.15) is 17.0 Å². The zero-order valence-corrected chi connectivity index (χ0v) is 18.9. The summed E-state index contributed by atoms with van der Waals surface area (Å²) in [6.45, 7) is -0.776. The fourth-order valence-electron chi connectivity index (χ4n) is 3.55. The van der Waals surface area contributed by atoms with Crippen LogP contribution in [0.25, 0.3) is 0 Å². The van der Waals surface area contributed by atoms with E-state index in [0.717, 1.165) is 9.87 Å². The van der Waals surface area contributed by atoms with Gasteiger partial charge in [0.05, 0.1) is 29.4 Å². The van der Waals surface area contributed by atoms with Gasteiger partial charge >= 0.3 is 0 Å². The third kappa shape index (κ3) is 5.38. The van der Waals surface area contributed by atoms with Crippen LogP contribution in [0.4, 0.5) is 4.39 Å². The van der Waals surface area contributed by atoms with Gasteiger partial charge < -0.3 is 4.74 Å². The number of nitrogens with zero attached hydrogens (tertiary/aromatic N) is 3. The van der Waals surface area contributed by atoms with E-state index in [9.17, 15) is 17.6 Å². The number of hydrogen-bond acceptors (Lipinski definition) is 7. The maximum Gasteiger partial charge on any atom is 0.262 e. The average molecular weight is 487 g/mol. The average Bonchev–Trinajstić information content (AvgIpc) is 2.87. The monoisotopic (exact) mass is 486 g/mol. The van der Waals surface area contributed by atoms with Crippen molar-refractivity contribution in [1.29, 1.82) is 0 Å². The van der Waals surface area contributed by atoms with Crippen LogP contribution < -0.4 is 10.2 Å². The highest BCUT2D eigenvalue weighted by atomic mass is 32.2. The van der Waals surface area contributed by atoms with Gasteiger partial charge in [-0.2, -0.15) is 4.31 Å². The molecule has 2 heterocycles. The van der Waals surface area contributed by atoms with Crippen molar-refractivity contribution >= 4 is 15.9 Å². The summed E-state index contributed by atoms with van der Waals surface area (Å²) in [5, 5.41) is 0. The van der Waals surface area contributed by atoms with Gasteiger partial charge in [-0.25, -0.2) is 18.3 Å². The van der Waals surface area contributed by atoms with Crippen LogP contribution in [0, 0.1) is 0 Å². The fraction of sp³-hybridized carbons (Fsp3) is 0.261. The normalized spacial score (nSPS) is 16.0. The van der Waals surface area contributed by atoms with Crippen molar-refractivity contribution in [3.05, 3.63) is 83.9 Å². The lowest BCUT2D eigenvalue weighted by Crippen LogP contribution is -2.52. The number of sulfonamides is 1. The van der Waals surface area contributed by atoms with Crippen molar-refractivity contribution in [2.24, 2.45) is 0 Å². The Morgan fingerprint density at radius 1 is 1.06 bits per heavy atom. The second kappa shape index (κ2) is 10.7. The molecule has 0 bridgehead atoms. The number of halogens is 1. The highest BCUT2D eigenvalue weighted by molar-refractivity contribution is 7.89. The molecule has 0 aliphatic carbocycles. The number of carbonyl (C=O) groups excluding carboxylic acids is 1. The smallest absolute Gasteiger partial charge is 0.262 e. The van der Waals surface area contributed by atoms with E-state index in [2.05, 4.69) is 15.4 Å². The second-order valence-electron chi connectivity index (χ2n) is 7.47. The zero-order chi connectivity index (χ0) is 24.0. The van der Waals surface area contributed by atoms with Gasteiger partial charge in [-0.15, -0.1) is 0 Å². The molecule has 11 heteroatoms. The van der Waals surface area contributed by atoms with Crippen molar-refractivity contribution < 1.29 is 27.2 Å². The first-order valence-corrected chi connectivity index (χ1v) is 12.0. The number of aromatic nitrogens is 2. The quantitative estimate of drug-likeness (QED) is 0.462. The Morgan fingerprint density at radius 2 is 1.76 bits per heavy atom. The van der Waals surface area contributed by atoms with E-state index in [1.807, 2.05) is 30.3 Å². The van der Waals surface area contributed by atoms with Gasteiger partial charge in [0.1, 0.15) is 25.1 Å². The predicted molar refractivity (Wildman–Crippen MR) is 120 cm³/mol. The van der Waals surface area contributed by atoms with Crippen molar-refractivity contribution in [3.63, 3.8) is 0 Å². The molecule has 3 aromatic rings. The summed E-state index contributed by atoms with van der Waals surface area (Å²) in [6, 6.07) is 13.8. The van der Waals surface area contributed by atoms with Crippen LogP contribution in [0.3, 0.4) is 0 Å². The number of carbonyl (C=O) groups is 1. The summed E-state index contributed by atoms with van der Waals surface area (Å²) in [5.41, 5.74) is 4.24. The van der Waals surface area contributed by atoms with E-state index < -0.39 is 28.6 Å². The van der Waals surface area contributed by atoms with Crippen LogP contribution in [0.15, 0.2) is 71.9 Å². The summed E-state index contributed by atoms with van der Waals surface area (Å²) in [7, 11) is -4.09. The third-order valence-corrected chi connectivity index (χ3v) is 7.10. The minimum atomic E-state index is -4.09. The molecule has 9 nitrogen and oxygen atoms in total. The maximum atomic E-state index is 13.5. The van der Waals surface area contributed by atoms with E-state index in [4.69, 9.17) is 9.57 Å². The lowest BCUT2D eigenvalue weighted by molar-refractivity contribution is -0.139. The first kappa shape index (κ1) is 23.7. The molecule has 0 spiro atoms. The Balaban J connectivity index is 1.55. The van der Waals surface area contributed by atoms with Crippen LogP contribution >= 0.6 is 0 Å². The number of alkyl halides is 1. The minimum Gasteiger partial charge on any atom is -0.491 e. The van der Waals surface area contributed by atoms with Crippen molar-refractivity contribution in [2.45, 2.75) is 30.5 Å². The Kier molecular flexibility index (Phi) is 7.46. The topological polar surface area (TPSA) is 111 Å². The van der Waals surface area contributed by atoms with E-state index in [1.54, 1.807) is 0 Å². The SMILES string of the molecule is O=C(NOCc1ccccc1)C1Cc2nccnc2CN1S(=O)(=O)c1ccc(OCCF)cc1. The van der Waals surface area contributed by atoms with E-state index in [1.165, 1.54) is 36.7 Å². The lowest BCUT2D eigenvalue weighted by Gasteiger charge is -2.33. The van der Waals surface area contributed by atoms with Gasteiger partial charge in [0.15, 0.2) is 0 Å². The molecule has 178 valence electrons. The Labute approximate surface area is 196 Å². The highest BCUT2D eigenvalue weighted by Crippen LogP contribution is 2.28. The van der Waals surface area contributed by atoms with E-state index in [0.29, 0.717) is 17.1 Å². The van der Waals surface area contributed by atoms with E-state index >= 15 is 0 Å². The first-order valence-electron chi connectivity index (χ1n) is 10.5. The number of hydroxylamine groups is 1. The molecule has 0 radical (unpaired) electrons. The Bertz CT molecular complexity index is 1230. The molecule has 0 fully saturated rings. The number of amides is 1. The van der Waals surface area contributed by atoms with Crippen molar-refractivity contribution in [3.8, 4) is 5.75 Å². The van der Waals surface area contributed by atoms with Gasteiger partial charge in [0, 0.05) is 18.8 Å². The summed E-state index contributed by atoms with van der Waals surface area (Å²) in [4.78, 5) is 26.8. The standard InChI is InChI=1S/C23H23FN4O5S/c24-10-13-32-18-6-8-19(9-7-18)34(30,31)28-15-21-20(25-11-12-26-21)14-22(28)23(29)27-33-16-17-4-2-1-3-5-17/h1-9,11-12,22H,10,13-16H2,(H,27,29). The number of ether oxygens (including phenoxy) is 1. The van der Waals surface area contributed by atoms with Gasteiger partial charge in [-0.1, -0.05) is 30.3 Å². The predicted octanol–water partition coefficient (Wildman–Crippen LogP) is 2.19. The third-order valence-electron chi connectivity index (χ3n) is 5.23. The second-order valence-corrected chi connectivity index (χ2v) is 9.36. The summed E-state index contributed by atoms with van der Waals surface area (Å²) in [5.74, 6) is -0.270. The van der Waals surface area contributed by atoms with Gasteiger partial charge in [-0.05, 0) is 29.8 Å². The Morgan fingerprint density at radius 3 is 2.47 bits per heavy atom. The number of benzene rings is 2. The number of nitrogens with one attached hydrogen (secondary N) is 1. The van der Waals surface area contributed by atoms with Crippen molar-refractivity contribution in [2.75, 3.05) is 13.3 Å². The summed E-state index contributed by atoms with van der Waals surface area (Å²) in [6.07, 6.45) is 3.02. The molecule has 0 saturated heterocycles. The van der Waals surface area contributed by atoms with Gasteiger partial charge in [0.25, 0.3) is 5.91 Å². The zero-order valence-electron chi connectivity index (χ0n) is 18.1. The van der Waals surface area contributed by atoms with Crippen molar-refractivity contribution in [1.82, 2.24) is 19.8 Å². The van der Waals surface area contributed by atoms with Crippen LogP contribution in [0.2, 0.25) is 0 Å². The van der Waals surface area contributed by atoms with Crippen LogP contribution in [-0.4, -0.2) is 47.9 Å². The molecule has 4 rings (SSSR count). The number of fused-ring (bicyclic) bond motifs is 1. The highest BCUT2D eigenvalue weighted by Gasteiger charge is 2.41. The van der Waals surface area contributed by atoms with E-state index in [-0.39, 0.29) is 31.1 Å². The first-order chi connectivity index (χ1) is 16.5. The van der Waals surface area contributed by atoms with Gasteiger partial charge in [-0.3, -0.25) is 19.6 Å².